The molecule has 7 heteroatoms. The lowest BCUT2D eigenvalue weighted by atomic mass is 9.97. The summed E-state index contributed by atoms with van der Waals surface area (Å²) in [5, 5.41) is 8.27. The largest absolute Gasteiger partial charge is 0.350 e. The molecule has 3 aromatic carbocycles. The maximum atomic E-state index is 12.9. The van der Waals surface area contributed by atoms with E-state index >= 15 is 0 Å². The monoisotopic (exact) mass is 471 g/mol. The number of hydrogen-bond acceptors (Lipinski definition) is 4. The van der Waals surface area contributed by atoms with E-state index in [1.54, 1.807) is 60.7 Å². The van der Waals surface area contributed by atoms with Gasteiger partial charge in [-0.05, 0) is 43.7 Å². The molecule has 3 amide bonds. The topological polar surface area (TPSA) is 104 Å². The van der Waals surface area contributed by atoms with E-state index in [4.69, 9.17) is 0 Å². The highest BCUT2D eigenvalue weighted by molar-refractivity contribution is 6.15. The molecule has 3 rings (SSSR count). The Morgan fingerprint density at radius 1 is 0.686 bits per heavy atom. The number of amides is 3. The molecule has 0 spiro atoms. The van der Waals surface area contributed by atoms with Crippen LogP contribution in [0.2, 0.25) is 0 Å². The third-order valence-electron chi connectivity index (χ3n) is 5.33. The third-order valence-corrected chi connectivity index (χ3v) is 5.33. The van der Waals surface area contributed by atoms with Gasteiger partial charge in [0.05, 0.1) is 5.56 Å². The summed E-state index contributed by atoms with van der Waals surface area (Å²) in [6, 6.07) is 20.5. The maximum Gasteiger partial charge on any atom is 0.252 e. The summed E-state index contributed by atoms with van der Waals surface area (Å²) in [6.45, 7) is 4.28. The van der Waals surface area contributed by atoms with Gasteiger partial charge in [-0.3, -0.25) is 19.2 Å². The standard InChI is InChI=1S/C28H29N3O4/c1-3-6-25(32)31-22-15-13-21(14-16-22)27(34)29-17-18-30-28(35)24-8-5-4-7-23(24)26(33)20-11-9-19(2)10-12-20/h4-5,7-16H,3,6,17-18H2,1-2H3,(H,29,34)(H,30,35)(H,31,32). The van der Waals surface area contributed by atoms with Crippen molar-refractivity contribution in [3.63, 3.8) is 0 Å². The molecule has 3 N–H and O–H groups in total. The zero-order valence-electron chi connectivity index (χ0n) is 19.9. The molecule has 0 fully saturated rings. The number of nitrogens with one attached hydrogen (secondary N) is 3. The lowest BCUT2D eigenvalue weighted by molar-refractivity contribution is -0.116. The number of carbonyl (C=O) groups is 4. The Hall–Kier alpha value is -4.26. The summed E-state index contributed by atoms with van der Waals surface area (Å²) in [4.78, 5) is 49.7. The molecule has 0 radical (unpaired) electrons. The average molecular weight is 472 g/mol. The Morgan fingerprint density at radius 3 is 1.89 bits per heavy atom. The van der Waals surface area contributed by atoms with E-state index in [-0.39, 0.29) is 42.2 Å². The molecule has 0 bridgehead atoms. The van der Waals surface area contributed by atoms with Crippen LogP contribution in [0.1, 0.15) is 62.0 Å². The molecule has 0 aliphatic rings. The van der Waals surface area contributed by atoms with Gasteiger partial charge < -0.3 is 16.0 Å². The minimum atomic E-state index is -0.387. The first kappa shape index (κ1) is 25.4. The number of aryl methyl sites for hydroxylation is 1. The minimum Gasteiger partial charge on any atom is -0.350 e. The van der Waals surface area contributed by atoms with Crippen LogP contribution in [0.25, 0.3) is 0 Å². The van der Waals surface area contributed by atoms with Crippen LogP contribution in [0.15, 0.2) is 72.8 Å². The van der Waals surface area contributed by atoms with E-state index in [2.05, 4.69) is 16.0 Å². The number of ketones is 1. The Bertz CT molecular complexity index is 1200. The van der Waals surface area contributed by atoms with Crippen LogP contribution in [0.5, 0.6) is 0 Å². The van der Waals surface area contributed by atoms with Gasteiger partial charge in [-0.25, -0.2) is 0 Å². The Labute approximate surface area is 204 Å². The van der Waals surface area contributed by atoms with E-state index in [1.165, 1.54) is 0 Å². The summed E-state index contributed by atoms with van der Waals surface area (Å²) in [7, 11) is 0. The maximum absolute atomic E-state index is 12.9. The van der Waals surface area contributed by atoms with Gasteiger partial charge in [0.15, 0.2) is 5.78 Å². The first-order valence-corrected chi connectivity index (χ1v) is 11.6. The van der Waals surface area contributed by atoms with Crippen LogP contribution >= 0.6 is 0 Å². The van der Waals surface area contributed by atoms with Crippen LogP contribution in [0.4, 0.5) is 5.69 Å². The van der Waals surface area contributed by atoms with Gasteiger partial charge in [0.2, 0.25) is 5.91 Å². The molecule has 0 saturated heterocycles. The SMILES string of the molecule is CCCC(=O)Nc1ccc(C(=O)NCCNC(=O)c2ccccc2C(=O)c2ccc(C)cc2)cc1. The highest BCUT2D eigenvalue weighted by Crippen LogP contribution is 2.16. The van der Waals surface area contributed by atoms with Crippen molar-refractivity contribution in [2.75, 3.05) is 18.4 Å². The number of hydrogen-bond donors (Lipinski definition) is 3. The van der Waals surface area contributed by atoms with Gasteiger partial charge in [0.25, 0.3) is 11.8 Å². The fourth-order valence-corrected chi connectivity index (χ4v) is 3.44. The third kappa shape index (κ3) is 7.11. The molecular weight excluding hydrogens is 442 g/mol. The normalized spacial score (nSPS) is 10.3. The zero-order chi connectivity index (χ0) is 25.2. The second kappa shape index (κ2) is 12.3. The van der Waals surface area contributed by atoms with Gasteiger partial charge in [0, 0.05) is 41.9 Å². The van der Waals surface area contributed by atoms with Crippen LogP contribution in [-0.4, -0.2) is 36.6 Å². The van der Waals surface area contributed by atoms with Gasteiger partial charge in [-0.2, -0.15) is 0 Å². The van der Waals surface area contributed by atoms with Crippen molar-refractivity contribution < 1.29 is 19.2 Å². The first-order chi connectivity index (χ1) is 16.9. The van der Waals surface area contributed by atoms with E-state index in [9.17, 15) is 19.2 Å². The smallest absolute Gasteiger partial charge is 0.252 e. The van der Waals surface area contributed by atoms with Crippen molar-refractivity contribution >= 4 is 29.2 Å². The predicted molar refractivity (Wildman–Crippen MR) is 136 cm³/mol. The van der Waals surface area contributed by atoms with Crippen molar-refractivity contribution in [3.05, 3.63) is 101 Å². The molecule has 0 unspecified atom stereocenters. The fourth-order valence-electron chi connectivity index (χ4n) is 3.44. The van der Waals surface area contributed by atoms with Crippen molar-refractivity contribution in [1.29, 1.82) is 0 Å². The lowest BCUT2D eigenvalue weighted by Gasteiger charge is -2.11. The van der Waals surface area contributed by atoms with Crippen LogP contribution < -0.4 is 16.0 Å². The van der Waals surface area contributed by atoms with Crippen LogP contribution in [0.3, 0.4) is 0 Å². The second-order valence-corrected chi connectivity index (χ2v) is 8.13. The van der Waals surface area contributed by atoms with E-state index in [0.29, 0.717) is 28.8 Å². The van der Waals surface area contributed by atoms with Crippen molar-refractivity contribution in [3.8, 4) is 0 Å². The molecule has 0 aromatic heterocycles. The predicted octanol–water partition coefficient (Wildman–Crippen LogP) is 4.12. The second-order valence-electron chi connectivity index (χ2n) is 8.13. The molecule has 0 aliphatic carbocycles. The van der Waals surface area contributed by atoms with Crippen molar-refractivity contribution in [2.24, 2.45) is 0 Å². The highest BCUT2D eigenvalue weighted by Gasteiger charge is 2.18. The summed E-state index contributed by atoms with van der Waals surface area (Å²) < 4.78 is 0. The summed E-state index contributed by atoms with van der Waals surface area (Å²) in [6.07, 6.45) is 1.20. The van der Waals surface area contributed by atoms with Gasteiger partial charge in [-0.1, -0.05) is 55.0 Å². The van der Waals surface area contributed by atoms with Gasteiger partial charge in [-0.15, -0.1) is 0 Å². The number of anilines is 1. The van der Waals surface area contributed by atoms with Crippen LogP contribution in [-0.2, 0) is 4.79 Å². The summed E-state index contributed by atoms with van der Waals surface area (Å²) in [5.74, 6) is -0.968. The minimum absolute atomic E-state index is 0.0671. The summed E-state index contributed by atoms with van der Waals surface area (Å²) >= 11 is 0. The summed E-state index contributed by atoms with van der Waals surface area (Å²) in [5.41, 5.74) is 3.24. The molecular formula is C28H29N3O4. The Balaban J connectivity index is 1.52. The van der Waals surface area contributed by atoms with E-state index in [1.807, 2.05) is 26.0 Å². The van der Waals surface area contributed by atoms with E-state index < -0.39 is 0 Å². The first-order valence-electron chi connectivity index (χ1n) is 11.6. The quantitative estimate of drug-likeness (QED) is 0.306. The lowest BCUT2D eigenvalue weighted by Crippen LogP contribution is -2.35. The van der Waals surface area contributed by atoms with Crippen molar-refractivity contribution in [1.82, 2.24) is 10.6 Å². The average Bonchev–Trinajstić information content (AvgIpc) is 2.87. The zero-order valence-corrected chi connectivity index (χ0v) is 19.9. The number of rotatable bonds is 10. The molecule has 35 heavy (non-hydrogen) atoms. The molecule has 0 heterocycles. The van der Waals surface area contributed by atoms with Gasteiger partial charge >= 0.3 is 0 Å². The van der Waals surface area contributed by atoms with Crippen LogP contribution in [0, 0.1) is 6.92 Å². The van der Waals surface area contributed by atoms with Crippen molar-refractivity contribution in [2.45, 2.75) is 26.7 Å². The fraction of sp³-hybridized carbons (Fsp3) is 0.214. The Morgan fingerprint density at radius 2 is 1.26 bits per heavy atom. The Kier molecular flexibility index (Phi) is 8.89. The molecule has 0 saturated carbocycles. The molecule has 3 aromatic rings. The van der Waals surface area contributed by atoms with E-state index in [0.717, 1.165) is 12.0 Å². The van der Waals surface area contributed by atoms with Gasteiger partial charge in [0.1, 0.15) is 0 Å². The molecule has 0 atom stereocenters. The number of benzene rings is 3. The number of carbonyl (C=O) groups excluding carboxylic acids is 4. The molecule has 7 nitrogen and oxygen atoms in total. The highest BCUT2D eigenvalue weighted by atomic mass is 16.2. The molecule has 180 valence electrons. The molecule has 0 aliphatic heterocycles.